The van der Waals surface area contributed by atoms with E-state index in [4.69, 9.17) is 5.73 Å². The quantitative estimate of drug-likeness (QED) is 0.500. The van der Waals surface area contributed by atoms with Crippen molar-refractivity contribution in [3.63, 3.8) is 0 Å². The van der Waals surface area contributed by atoms with Crippen LogP contribution in [-0.2, 0) is 0 Å². The van der Waals surface area contributed by atoms with Crippen molar-refractivity contribution in [1.29, 1.82) is 0 Å². The van der Waals surface area contributed by atoms with Crippen LogP contribution in [0.3, 0.4) is 0 Å². The van der Waals surface area contributed by atoms with Gasteiger partial charge in [0, 0.05) is 13.5 Å². The number of alkyl halides is 2. The summed E-state index contributed by atoms with van der Waals surface area (Å²) in [5.74, 6) is -2.72. The molecule has 0 bridgehead atoms. The molecule has 0 saturated heterocycles. The third-order valence-corrected chi connectivity index (χ3v) is 1.45. The number of nitrogens with one attached hydrogen (secondary N) is 1. The smallest absolute Gasteiger partial charge is 0.264 e. The van der Waals surface area contributed by atoms with Gasteiger partial charge in [0.05, 0.1) is 6.04 Å². The van der Waals surface area contributed by atoms with Crippen molar-refractivity contribution in [2.45, 2.75) is 32.7 Å². The number of rotatable bonds is 3. The molecule has 0 aromatic heterocycles. The Bertz CT molecular complexity index is 163. The minimum atomic E-state index is -2.78. The molecule has 0 aliphatic carbocycles. The topological polar surface area (TPSA) is 50.4 Å². The van der Waals surface area contributed by atoms with Gasteiger partial charge in [-0.3, -0.25) is 4.99 Å². The van der Waals surface area contributed by atoms with E-state index >= 15 is 0 Å². The number of hydrogen-bond acceptors (Lipinski definition) is 1. The lowest BCUT2D eigenvalue weighted by Crippen LogP contribution is -2.47. The maximum absolute atomic E-state index is 12.5. The molecular weight excluding hydrogens is 164 g/mol. The van der Waals surface area contributed by atoms with Crippen molar-refractivity contribution in [3.05, 3.63) is 0 Å². The van der Waals surface area contributed by atoms with Crippen molar-refractivity contribution in [2.75, 3.05) is 6.54 Å². The zero-order valence-corrected chi connectivity index (χ0v) is 7.56. The van der Waals surface area contributed by atoms with Crippen LogP contribution in [0.1, 0.15) is 20.8 Å². The fourth-order valence-corrected chi connectivity index (χ4v) is 0.565. The van der Waals surface area contributed by atoms with E-state index in [1.54, 1.807) is 6.92 Å². The van der Waals surface area contributed by atoms with E-state index in [9.17, 15) is 8.78 Å². The van der Waals surface area contributed by atoms with Crippen molar-refractivity contribution in [3.8, 4) is 0 Å². The van der Waals surface area contributed by atoms with Crippen LogP contribution in [0.15, 0.2) is 4.99 Å². The SMILES string of the molecule is CCN=C(N)NC(C)C(C)(F)F. The van der Waals surface area contributed by atoms with E-state index in [2.05, 4.69) is 10.3 Å². The second-order valence-corrected chi connectivity index (χ2v) is 2.68. The van der Waals surface area contributed by atoms with Gasteiger partial charge in [0.1, 0.15) is 0 Å². The molecule has 3 N–H and O–H groups in total. The molecule has 0 heterocycles. The van der Waals surface area contributed by atoms with Gasteiger partial charge in [-0.05, 0) is 13.8 Å². The Kier molecular flexibility index (Phi) is 3.92. The summed E-state index contributed by atoms with van der Waals surface area (Å²) in [6, 6.07) is -0.993. The van der Waals surface area contributed by atoms with Gasteiger partial charge in [-0.1, -0.05) is 0 Å². The third-order valence-electron chi connectivity index (χ3n) is 1.45. The Morgan fingerprint density at radius 2 is 2.17 bits per heavy atom. The first kappa shape index (κ1) is 11.1. The molecule has 0 aliphatic heterocycles. The zero-order valence-electron chi connectivity index (χ0n) is 7.56. The van der Waals surface area contributed by atoms with Gasteiger partial charge in [0.25, 0.3) is 5.92 Å². The highest BCUT2D eigenvalue weighted by Gasteiger charge is 2.30. The standard InChI is InChI=1S/C7H15F2N3/c1-4-11-6(10)12-5(2)7(3,8)9/h5H,4H2,1-3H3,(H3,10,11,12). The van der Waals surface area contributed by atoms with Crippen LogP contribution < -0.4 is 11.1 Å². The van der Waals surface area contributed by atoms with E-state index in [-0.39, 0.29) is 5.96 Å². The molecule has 0 aromatic rings. The molecule has 1 unspecified atom stereocenters. The van der Waals surface area contributed by atoms with Gasteiger partial charge in [0.15, 0.2) is 5.96 Å². The molecule has 0 spiro atoms. The predicted octanol–water partition coefficient (Wildman–Crippen LogP) is 0.954. The largest absolute Gasteiger partial charge is 0.370 e. The van der Waals surface area contributed by atoms with Crippen molar-refractivity contribution < 1.29 is 8.78 Å². The van der Waals surface area contributed by atoms with Crippen LogP contribution in [0.4, 0.5) is 8.78 Å². The molecule has 12 heavy (non-hydrogen) atoms. The summed E-state index contributed by atoms with van der Waals surface area (Å²) in [7, 11) is 0. The molecule has 0 rings (SSSR count). The Morgan fingerprint density at radius 1 is 1.67 bits per heavy atom. The normalized spacial score (nSPS) is 15.9. The first-order chi connectivity index (χ1) is 5.38. The molecule has 0 fully saturated rings. The molecule has 0 saturated carbocycles. The molecule has 0 amide bonds. The molecule has 0 aromatic carbocycles. The molecule has 5 heteroatoms. The van der Waals surface area contributed by atoms with E-state index in [0.717, 1.165) is 6.92 Å². The predicted molar refractivity (Wildman–Crippen MR) is 45.4 cm³/mol. The summed E-state index contributed by atoms with van der Waals surface area (Å²) in [5, 5.41) is 2.40. The lowest BCUT2D eigenvalue weighted by atomic mass is 10.2. The van der Waals surface area contributed by atoms with Gasteiger partial charge in [-0.25, -0.2) is 8.78 Å². The highest BCUT2D eigenvalue weighted by Crippen LogP contribution is 2.16. The fraction of sp³-hybridized carbons (Fsp3) is 0.857. The summed E-state index contributed by atoms with van der Waals surface area (Å²) in [4.78, 5) is 3.73. The highest BCUT2D eigenvalue weighted by molar-refractivity contribution is 5.78. The van der Waals surface area contributed by atoms with Gasteiger partial charge >= 0.3 is 0 Å². The van der Waals surface area contributed by atoms with Gasteiger partial charge in [-0.2, -0.15) is 0 Å². The Morgan fingerprint density at radius 3 is 2.50 bits per heavy atom. The molecule has 0 aliphatic rings. The monoisotopic (exact) mass is 179 g/mol. The van der Waals surface area contributed by atoms with Gasteiger partial charge < -0.3 is 11.1 Å². The molecule has 1 atom stereocenters. The first-order valence-corrected chi connectivity index (χ1v) is 3.82. The molecule has 0 radical (unpaired) electrons. The number of nitrogens with zero attached hydrogens (tertiary/aromatic N) is 1. The van der Waals surface area contributed by atoms with Crippen molar-refractivity contribution >= 4 is 5.96 Å². The summed E-state index contributed by atoms with van der Waals surface area (Å²) in [6.45, 7) is 4.46. The second-order valence-electron chi connectivity index (χ2n) is 2.68. The first-order valence-electron chi connectivity index (χ1n) is 3.82. The number of hydrogen-bond donors (Lipinski definition) is 2. The minimum Gasteiger partial charge on any atom is -0.370 e. The van der Waals surface area contributed by atoms with Crippen molar-refractivity contribution in [1.82, 2.24) is 5.32 Å². The molecule has 72 valence electrons. The van der Waals surface area contributed by atoms with Gasteiger partial charge in [-0.15, -0.1) is 0 Å². The average Bonchev–Trinajstić information content (AvgIpc) is 1.85. The summed E-state index contributed by atoms with van der Waals surface area (Å²) >= 11 is 0. The van der Waals surface area contributed by atoms with Crippen LogP contribution >= 0.6 is 0 Å². The highest BCUT2D eigenvalue weighted by atomic mass is 19.3. The van der Waals surface area contributed by atoms with E-state index in [0.29, 0.717) is 6.54 Å². The summed E-state index contributed by atoms with van der Waals surface area (Å²) in [5.41, 5.74) is 5.29. The summed E-state index contributed by atoms with van der Waals surface area (Å²) in [6.07, 6.45) is 0. The minimum absolute atomic E-state index is 0.0616. The maximum atomic E-state index is 12.5. The third kappa shape index (κ3) is 4.10. The second kappa shape index (κ2) is 4.23. The average molecular weight is 179 g/mol. The van der Waals surface area contributed by atoms with Crippen molar-refractivity contribution in [2.24, 2.45) is 10.7 Å². The Balaban J connectivity index is 4.01. The van der Waals surface area contributed by atoms with Crippen LogP contribution in [0.25, 0.3) is 0 Å². The zero-order chi connectivity index (χ0) is 9.78. The lowest BCUT2D eigenvalue weighted by molar-refractivity contribution is -0.00612. The Labute approximate surface area is 71.0 Å². The van der Waals surface area contributed by atoms with Crippen LogP contribution in [0.5, 0.6) is 0 Å². The number of halogens is 2. The lowest BCUT2D eigenvalue weighted by Gasteiger charge is -2.20. The van der Waals surface area contributed by atoms with Crippen LogP contribution in [0, 0.1) is 0 Å². The van der Waals surface area contributed by atoms with Gasteiger partial charge in [0.2, 0.25) is 0 Å². The van der Waals surface area contributed by atoms with E-state index in [1.807, 2.05) is 0 Å². The summed E-state index contributed by atoms with van der Waals surface area (Å²) < 4.78 is 25.1. The maximum Gasteiger partial charge on any atom is 0.264 e. The number of guanidine groups is 1. The number of aliphatic imine (C=N–C) groups is 1. The van der Waals surface area contributed by atoms with E-state index in [1.165, 1.54) is 6.92 Å². The molecule has 3 nitrogen and oxygen atoms in total. The Hall–Kier alpha value is -0.870. The van der Waals surface area contributed by atoms with E-state index < -0.39 is 12.0 Å². The van der Waals surface area contributed by atoms with Crippen LogP contribution in [-0.4, -0.2) is 24.5 Å². The molecular formula is C7H15F2N3. The number of nitrogens with two attached hydrogens (primary N) is 1. The van der Waals surface area contributed by atoms with Crippen LogP contribution in [0.2, 0.25) is 0 Å². The fourth-order valence-electron chi connectivity index (χ4n) is 0.565.